The zero-order chi connectivity index (χ0) is 38.8. The summed E-state index contributed by atoms with van der Waals surface area (Å²) >= 11 is 31.6. The van der Waals surface area contributed by atoms with Crippen molar-refractivity contribution in [1.82, 2.24) is 19.9 Å². The third-order valence-electron chi connectivity index (χ3n) is 9.62. The van der Waals surface area contributed by atoms with Crippen LogP contribution in [0.15, 0.2) is 148 Å². The zero-order valence-electron chi connectivity index (χ0n) is 28.5. The van der Waals surface area contributed by atoms with E-state index in [1.165, 1.54) is 0 Å². The van der Waals surface area contributed by atoms with E-state index in [-0.39, 0.29) is 0 Å². The van der Waals surface area contributed by atoms with Gasteiger partial charge in [0.05, 0.1) is 80.6 Å². The van der Waals surface area contributed by atoms with E-state index in [1.54, 1.807) is 0 Å². The molecule has 0 spiro atoms. The van der Waals surface area contributed by atoms with Crippen molar-refractivity contribution in [2.75, 3.05) is 0 Å². The van der Waals surface area contributed by atoms with E-state index in [9.17, 15) is 0 Å². The predicted molar refractivity (Wildman–Crippen MR) is 261 cm³/mol. The van der Waals surface area contributed by atoms with Crippen LogP contribution in [0.4, 0.5) is 0 Å². The molecule has 5 heterocycles. The van der Waals surface area contributed by atoms with E-state index in [4.69, 9.17) is 9.97 Å². The Morgan fingerprint density at radius 2 is 0.589 bits per heavy atom. The number of halogens is 8. The molecule has 0 saturated heterocycles. The maximum Gasteiger partial charge on any atom is 0.0955 e. The second-order valence-corrected chi connectivity index (χ2v) is 19.2. The summed E-state index contributed by atoms with van der Waals surface area (Å²) in [6, 6.07) is 42.0. The number of hydrogen-bond donors (Lipinski definition) is 2. The number of rotatable bonds is 4. The molecular formula is C44H22Br8N4. The van der Waals surface area contributed by atoms with Crippen LogP contribution in [0, 0.1) is 0 Å². The standard InChI is InChI=1S/C44H22Br8N4/c45-29-31(47)41-35(51)43-33(49)34(50)44(56-43)36(52)42-32(48)30(46)40(55-42)28(24-19-11-4-12-20-24)38-26(22-15-7-2-8-16-22)25(21-13-5-1-6-14-21)37(53-38)27(39(29)54-41)23-17-9-3-10-18-23/h1-20,54-55H. The molecule has 9 rings (SSSR count). The molecule has 0 radical (unpaired) electrons. The molecule has 4 aromatic carbocycles. The van der Waals surface area contributed by atoms with Gasteiger partial charge in [-0.05, 0) is 150 Å². The summed E-state index contributed by atoms with van der Waals surface area (Å²) in [6.07, 6.45) is 0. The minimum atomic E-state index is 0.710. The van der Waals surface area contributed by atoms with Gasteiger partial charge < -0.3 is 9.97 Å². The van der Waals surface area contributed by atoms with Crippen molar-refractivity contribution >= 4 is 170 Å². The molecule has 0 atom stereocenters. The van der Waals surface area contributed by atoms with Gasteiger partial charge in [0.1, 0.15) is 0 Å². The first-order valence-corrected chi connectivity index (χ1v) is 23.4. The van der Waals surface area contributed by atoms with Crippen LogP contribution < -0.4 is 0 Å². The average Bonchev–Trinajstić information content (AvgIpc) is 3.94. The molecule has 2 aliphatic rings. The fourth-order valence-corrected chi connectivity index (χ4v) is 12.3. The van der Waals surface area contributed by atoms with Crippen LogP contribution in [-0.2, 0) is 0 Å². The summed E-state index contributed by atoms with van der Waals surface area (Å²) in [5.41, 5.74) is 14.3. The molecule has 12 heteroatoms. The van der Waals surface area contributed by atoms with Crippen molar-refractivity contribution in [1.29, 1.82) is 0 Å². The maximum atomic E-state index is 5.84. The molecule has 4 nitrogen and oxygen atoms in total. The monoisotopic (exact) mass is 1240 g/mol. The fraction of sp³-hybridized carbons (Fsp3) is 0. The Hall–Kier alpha value is -2.68. The van der Waals surface area contributed by atoms with Gasteiger partial charge in [0.2, 0.25) is 0 Å². The van der Waals surface area contributed by atoms with Gasteiger partial charge in [-0.1, -0.05) is 121 Å². The van der Waals surface area contributed by atoms with Gasteiger partial charge in [0.15, 0.2) is 0 Å². The van der Waals surface area contributed by atoms with E-state index < -0.39 is 0 Å². The quantitative estimate of drug-likeness (QED) is 0.184. The van der Waals surface area contributed by atoms with Crippen molar-refractivity contribution in [3.8, 4) is 22.3 Å². The highest BCUT2D eigenvalue weighted by Crippen LogP contribution is 2.52. The van der Waals surface area contributed by atoms with Gasteiger partial charge in [-0.25, -0.2) is 9.97 Å². The van der Waals surface area contributed by atoms with Crippen LogP contribution in [0.3, 0.4) is 0 Å². The molecule has 0 aliphatic carbocycles. The lowest BCUT2D eigenvalue weighted by Gasteiger charge is -2.14. The topological polar surface area (TPSA) is 57.4 Å². The largest absolute Gasteiger partial charge is 0.352 e. The number of H-pyrrole nitrogens is 2. The summed E-state index contributed by atoms with van der Waals surface area (Å²) < 4.78 is 6.47. The highest BCUT2D eigenvalue weighted by atomic mass is 79.9. The van der Waals surface area contributed by atoms with Crippen molar-refractivity contribution < 1.29 is 0 Å². The fourth-order valence-electron chi connectivity index (χ4n) is 7.10. The van der Waals surface area contributed by atoms with E-state index in [2.05, 4.69) is 247 Å². The van der Waals surface area contributed by atoms with Crippen molar-refractivity contribution in [3.05, 3.63) is 182 Å². The second-order valence-electron chi connectivity index (χ2n) is 12.8. The number of hydrogen-bond acceptors (Lipinski definition) is 2. The third kappa shape index (κ3) is 6.51. The van der Waals surface area contributed by atoms with Gasteiger partial charge in [0, 0.05) is 22.3 Å². The van der Waals surface area contributed by atoms with Crippen molar-refractivity contribution in [3.63, 3.8) is 0 Å². The summed E-state index contributed by atoms with van der Waals surface area (Å²) in [4.78, 5) is 18.6. The maximum absolute atomic E-state index is 5.84. The normalized spacial score (nSPS) is 12.9. The SMILES string of the molecule is BrC1=C(Br)c2nc1c(Br)c1[nH]c(c(Br)c1Br)c(-c1ccccc1)c1nc(c(-c3ccccc3)c3[nH]c(c2Br)c(Br)c3Br)C(c2ccccc2)=C1c1ccccc1. The van der Waals surface area contributed by atoms with Gasteiger partial charge in [0.25, 0.3) is 0 Å². The summed E-state index contributed by atoms with van der Waals surface area (Å²) in [6.45, 7) is 0. The van der Waals surface area contributed by atoms with Crippen molar-refractivity contribution in [2.45, 2.75) is 0 Å². The summed E-state index contributed by atoms with van der Waals surface area (Å²) in [5.74, 6) is 0. The molecule has 0 saturated carbocycles. The molecule has 0 unspecified atom stereocenters. The molecule has 274 valence electrons. The number of nitrogens with zero attached hydrogens (tertiary/aromatic N) is 2. The summed E-state index contributed by atoms with van der Waals surface area (Å²) in [7, 11) is 0. The Bertz CT molecular complexity index is 2780. The first-order chi connectivity index (χ1) is 27.2. The Morgan fingerprint density at radius 1 is 0.304 bits per heavy atom. The molecule has 0 amide bonds. The smallest absolute Gasteiger partial charge is 0.0955 e. The summed E-state index contributed by atoms with van der Waals surface area (Å²) in [5, 5.41) is 0. The van der Waals surface area contributed by atoms with Crippen LogP contribution in [-0.4, -0.2) is 19.9 Å². The van der Waals surface area contributed by atoms with Crippen LogP contribution in [0.2, 0.25) is 0 Å². The van der Waals surface area contributed by atoms with Gasteiger partial charge in [-0.3, -0.25) is 0 Å². The molecule has 3 aromatic heterocycles. The predicted octanol–water partition coefficient (Wildman–Crippen LogP) is 16.8. The minimum absolute atomic E-state index is 0.710. The molecule has 0 fully saturated rings. The Morgan fingerprint density at radius 3 is 0.929 bits per heavy atom. The van der Waals surface area contributed by atoms with Crippen LogP contribution in [0.25, 0.3) is 64.4 Å². The lowest BCUT2D eigenvalue weighted by Crippen LogP contribution is -1.94. The third-order valence-corrected chi connectivity index (χ3v) is 17.5. The number of nitrogens with one attached hydrogen (secondary N) is 2. The second kappa shape index (κ2) is 15.8. The van der Waals surface area contributed by atoms with Gasteiger partial charge >= 0.3 is 0 Å². The first-order valence-electron chi connectivity index (χ1n) is 17.0. The van der Waals surface area contributed by atoms with E-state index in [0.29, 0.717) is 11.4 Å². The van der Waals surface area contributed by atoms with Crippen LogP contribution in [0.5, 0.6) is 0 Å². The highest BCUT2D eigenvalue weighted by Gasteiger charge is 2.32. The van der Waals surface area contributed by atoms with E-state index in [1.807, 2.05) is 12.1 Å². The molecular weight excluding hydrogens is 1220 g/mol. The number of aromatic amines is 2. The Kier molecular flexibility index (Phi) is 11.0. The molecule has 56 heavy (non-hydrogen) atoms. The Labute approximate surface area is 389 Å². The van der Waals surface area contributed by atoms with Gasteiger partial charge in [-0.2, -0.15) is 0 Å². The van der Waals surface area contributed by atoms with Gasteiger partial charge in [-0.15, -0.1) is 0 Å². The van der Waals surface area contributed by atoms with E-state index >= 15 is 0 Å². The average molecular weight is 1250 g/mol. The molecule has 2 aliphatic heterocycles. The number of fused-ring (bicyclic) bond motifs is 8. The lowest BCUT2D eigenvalue weighted by atomic mass is 9.88. The molecule has 8 bridgehead atoms. The molecule has 7 aromatic rings. The number of aromatic nitrogens is 4. The van der Waals surface area contributed by atoms with Crippen LogP contribution in [0.1, 0.15) is 33.9 Å². The van der Waals surface area contributed by atoms with Crippen molar-refractivity contribution in [2.24, 2.45) is 0 Å². The van der Waals surface area contributed by atoms with Crippen LogP contribution >= 0.6 is 127 Å². The zero-order valence-corrected chi connectivity index (χ0v) is 41.2. The number of benzene rings is 4. The molecule has 2 N–H and O–H groups in total. The highest BCUT2D eigenvalue weighted by molar-refractivity contribution is 9.18. The lowest BCUT2D eigenvalue weighted by molar-refractivity contribution is 1.28. The minimum Gasteiger partial charge on any atom is -0.352 e. The Balaban J connectivity index is 1.65. The van der Waals surface area contributed by atoms with E-state index in [0.717, 1.165) is 114 Å². The first kappa shape index (κ1) is 38.8.